The molecule has 2 heterocycles. The van der Waals surface area contributed by atoms with E-state index in [0.29, 0.717) is 5.92 Å². The minimum atomic E-state index is 0.192. The highest BCUT2D eigenvalue weighted by atomic mass is 16.5. The molecular weight excluding hydrogens is 180 g/mol. The maximum absolute atomic E-state index is 5.56. The van der Waals surface area contributed by atoms with Gasteiger partial charge in [0.05, 0.1) is 18.6 Å². The fraction of sp³-hybridized carbons (Fsp3) is 0.600. The van der Waals surface area contributed by atoms with Crippen molar-refractivity contribution in [2.75, 3.05) is 13.2 Å². The third-order valence-electron chi connectivity index (χ3n) is 2.82. The van der Waals surface area contributed by atoms with Crippen molar-refractivity contribution in [1.82, 2.24) is 5.43 Å². The van der Waals surface area contributed by atoms with E-state index in [2.05, 4.69) is 5.43 Å². The second-order valence-electron chi connectivity index (χ2n) is 3.65. The molecule has 4 nitrogen and oxygen atoms in total. The normalized spacial score (nSPS) is 20.9. The second kappa shape index (κ2) is 4.59. The molecule has 0 bridgehead atoms. The van der Waals surface area contributed by atoms with Crippen LogP contribution in [0.1, 0.15) is 24.4 Å². The Kier molecular flexibility index (Phi) is 3.18. The van der Waals surface area contributed by atoms with Gasteiger partial charge in [0.25, 0.3) is 0 Å². The van der Waals surface area contributed by atoms with Crippen LogP contribution >= 0.6 is 0 Å². The van der Waals surface area contributed by atoms with Crippen LogP contribution < -0.4 is 11.3 Å². The zero-order valence-electron chi connectivity index (χ0n) is 8.11. The molecule has 1 fully saturated rings. The molecule has 1 saturated heterocycles. The van der Waals surface area contributed by atoms with Crippen LogP contribution in [0.25, 0.3) is 0 Å². The van der Waals surface area contributed by atoms with Gasteiger partial charge in [0.1, 0.15) is 0 Å². The molecule has 14 heavy (non-hydrogen) atoms. The Morgan fingerprint density at radius 3 is 2.79 bits per heavy atom. The summed E-state index contributed by atoms with van der Waals surface area (Å²) in [6.45, 7) is 1.67. The van der Waals surface area contributed by atoms with Gasteiger partial charge in [-0.2, -0.15) is 0 Å². The van der Waals surface area contributed by atoms with Gasteiger partial charge in [-0.15, -0.1) is 0 Å². The summed E-state index contributed by atoms with van der Waals surface area (Å²) in [5, 5.41) is 0. The molecule has 0 amide bonds. The first-order valence-electron chi connectivity index (χ1n) is 4.98. The number of hydrogen-bond acceptors (Lipinski definition) is 4. The molecule has 4 heteroatoms. The van der Waals surface area contributed by atoms with E-state index in [1.54, 1.807) is 12.5 Å². The van der Waals surface area contributed by atoms with E-state index < -0.39 is 0 Å². The van der Waals surface area contributed by atoms with Crippen molar-refractivity contribution in [3.05, 3.63) is 24.2 Å². The molecule has 0 radical (unpaired) electrons. The van der Waals surface area contributed by atoms with Crippen LogP contribution in [0.4, 0.5) is 0 Å². The highest BCUT2D eigenvalue weighted by Crippen LogP contribution is 2.29. The van der Waals surface area contributed by atoms with E-state index in [9.17, 15) is 0 Å². The van der Waals surface area contributed by atoms with Crippen molar-refractivity contribution in [2.24, 2.45) is 11.8 Å². The number of nitrogens with two attached hydrogens (primary N) is 1. The molecule has 2 rings (SSSR count). The Labute approximate surface area is 83.4 Å². The molecule has 1 unspecified atom stereocenters. The van der Waals surface area contributed by atoms with Crippen LogP contribution in [0.3, 0.4) is 0 Å². The van der Waals surface area contributed by atoms with Gasteiger partial charge < -0.3 is 9.15 Å². The van der Waals surface area contributed by atoms with Crippen molar-refractivity contribution in [2.45, 2.75) is 18.9 Å². The smallest absolute Gasteiger partial charge is 0.0950 e. The topological polar surface area (TPSA) is 60.4 Å². The average Bonchev–Trinajstić information content (AvgIpc) is 2.74. The second-order valence-corrected chi connectivity index (χ2v) is 3.65. The summed E-state index contributed by atoms with van der Waals surface area (Å²) < 4.78 is 10.4. The molecule has 78 valence electrons. The van der Waals surface area contributed by atoms with E-state index in [1.165, 1.54) is 0 Å². The lowest BCUT2D eigenvalue weighted by Crippen LogP contribution is -2.35. The van der Waals surface area contributed by atoms with Crippen molar-refractivity contribution in [3.8, 4) is 0 Å². The number of rotatable bonds is 3. The van der Waals surface area contributed by atoms with Gasteiger partial charge in [-0.05, 0) is 24.8 Å². The van der Waals surface area contributed by atoms with Crippen LogP contribution in [0.2, 0.25) is 0 Å². The van der Waals surface area contributed by atoms with Gasteiger partial charge >= 0.3 is 0 Å². The van der Waals surface area contributed by atoms with Gasteiger partial charge in [0.15, 0.2) is 0 Å². The van der Waals surface area contributed by atoms with Gasteiger partial charge in [0.2, 0.25) is 0 Å². The third-order valence-corrected chi connectivity index (χ3v) is 2.82. The maximum Gasteiger partial charge on any atom is 0.0950 e. The summed E-state index contributed by atoms with van der Waals surface area (Å²) in [6, 6.07) is 2.15. The molecular formula is C10H16N2O2. The first kappa shape index (κ1) is 9.71. The molecule has 1 aromatic rings. The fourth-order valence-electron chi connectivity index (χ4n) is 2.01. The van der Waals surface area contributed by atoms with Crippen LogP contribution in [0.5, 0.6) is 0 Å². The molecule has 0 spiro atoms. The van der Waals surface area contributed by atoms with Crippen molar-refractivity contribution < 1.29 is 9.15 Å². The zero-order valence-corrected chi connectivity index (χ0v) is 8.11. The fourth-order valence-corrected chi connectivity index (χ4v) is 2.01. The first-order chi connectivity index (χ1) is 6.92. The van der Waals surface area contributed by atoms with Crippen LogP contribution in [-0.4, -0.2) is 13.2 Å². The third kappa shape index (κ3) is 1.97. The van der Waals surface area contributed by atoms with Crippen molar-refractivity contribution >= 4 is 0 Å². The molecule has 1 aliphatic heterocycles. The number of ether oxygens (including phenoxy) is 1. The Hall–Kier alpha value is -0.840. The van der Waals surface area contributed by atoms with Crippen molar-refractivity contribution in [3.63, 3.8) is 0 Å². The summed E-state index contributed by atoms with van der Waals surface area (Å²) in [5.41, 5.74) is 3.98. The van der Waals surface area contributed by atoms with E-state index >= 15 is 0 Å². The van der Waals surface area contributed by atoms with E-state index in [0.717, 1.165) is 31.6 Å². The van der Waals surface area contributed by atoms with Crippen LogP contribution in [0, 0.1) is 5.92 Å². The predicted octanol–water partition coefficient (Wildman–Crippen LogP) is 1.21. The Balaban J connectivity index is 2.04. The van der Waals surface area contributed by atoms with Gasteiger partial charge in [-0.1, -0.05) is 0 Å². The van der Waals surface area contributed by atoms with E-state index in [4.69, 9.17) is 15.0 Å². The summed E-state index contributed by atoms with van der Waals surface area (Å²) >= 11 is 0. The van der Waals surface area contributed by atoms with Gasteiger partial charge in [-0.25, -0.2) is 0 Å². The SMILES string of the molecule is NNC(c1ccoc1)C1CCOCC1. The minimum absolute atomic E-state index is 0.192. The Morgan fingerprint density at radius 1 is 1.43 bits per heavy atom. The summed E-state index contributed by atoms with van der Waals surface area (Å²) in [4.78, 5) is 0. The number of hydrogen-bond donors (Lipinski definition) is 2. The quantitative estimate of drug-likeness (QED) is 0.563. The number of hydrazine groups is 1. The predicted molar refractivity (Wildman–Crippen MR) is 52.3 cm³/mol. The van der Waals surface area contributed by atoms with Gasteiger partial charge in [0, 0.05) is 18.8 Å². The molecule has 0 aromatic carbocycles. The van der Waals surface area contributed by atoms with Crippen LogP contribution in [0.15, 0.2) is 23.0 Å². The average molecular weight is 196 g/mol. The Morgan fingerprint density at radius 2 is 2.21 bits per heavy atom. The number of furan rings is 1. The Bertz CT molecular complexity index is 255. The lowest BCUT2D eigenvalue weighted by molar-refractivity contribution is 0.0535. The summed E-state index contributed by atoms with van der Waals surface area (Å²) in [7, 11) is 0. The minimum Gasteiger partial charge on any atom is -0.472 e. The lowest BCUT2D eigenvalue weighted by atomic mass is 9.89. The molecule has 1 aliphatic rings. The molecule has 1 aromatic heterocycles. The summed E-state index contributed by atoms with van der Waals surface area (Å²) in [6.07, 6.45) is 5.54. The molecule has 3 N–H and O–H groups in total. The largest absolute Gasteiger partial charge is 0.472 e. The molecule has 0 aliphatic carbocycles. The summed E-state index contributed by atoms with van der Waals surface area (Å²) in [5.74, 6) is 6.11. The monoisotopic (exact) mass is 196 g/mol. The van der Waals surface area contributed by atoms with E-state index in [1.807, 2.05) is 6.07 Å². The standard InChI is InChI=1S/C10H16N2O2/c11-12-10(9-3-6-14-7-9)8-1-4-13-5-2-8/h3,6-8,10,12H,1-2,4-5,11H2. The molecule has 0 saturated carbocycles. The van der Waals surface area contributed by atoms with Gasteiger partial charge in [-0.3, -0.25) is 11.3 Å². The van der Waals surface area contributed by atoms with Crippen LogP contribution in [-0.2, 0) is 4.74 Å². The highest BCUT2D eigenvalue weighted by Gasteiger charge is 2.24. The van der Waals surface area contributed by atoms with E-state index in [-0.39, 0.29) is 6.04 Å². The highest BCUT2D eigenvalue weighted by molar-refractivity contribution is 5.12. The van der Waals surface area contributed by atoms with Crippen molar-refractivity contribution in [1.29, 1.82) is 0 Å². The number of nitrogens with one attached hydrogen (secondary N) is 1. The zero-order chi connectivity index (χ0) is 9.80. The molecule has 1 atom stereocenters. The maximum atomic E-state index is 5.56. The first-order valence-corrected chi connectivity index (χ1v) is 4.98. The lowest BCUT2D eigenvalue weighted by Gasteiger charge is -2.29.